The summed E-state index contributed by atoms with van der Waals surface area (Å²) in [4.78, 5) is 11.2. The van der Waals surface area contributed by atoms with E-state index in [4.69, 9.17) is 10.8 Å². The van der Waals surface area contributed by atoms with E-state index in [0.29, 0.717) is 17.7 Å². The molecule has 0 aliphatic rings. The van der Waals surface area contributed by atoms with Gasteiger partial charge in [-0.15, -0.1) is 0 Å². The van der Waals surface area contributed by atoms with Crippen LogP contribution in [-0.2, 0) is 6.42 Å². The van der Waals surface area contributed by atoms with Crippen LogP contribution < -0.4 is 5.73 Å². The molecular formula is C17H23NO2. The van der Waals surface area contributed by atoms with Gasteiger partial charge in [0, 0.05) is 5.69 Å². The van der Waals surface area contributed by atoms with Crippen molar-refractivity contribution in [3.8, 4) is 0 Å². The van der Waals surface area contributed by atoms with Crippen molar-refractivity contribution in [3.63, 3.8) is 0 Å². The van der Waals surface area contributed by atoms with Crippen LogP contribution in [0.1, 0.15) is 49.5 Å². The minimum absolute atomic E-state index is 0.326. The zero-order chi connectivity index (χ0) is 15.1. The zero-order valence-electron chi connectivity index (χ0n) is 12.4. The second-order valence-electron chi connectivity index (χ2n) is 5.30. The highest BCUT2D eigenvalue weighted by molar-refractivity contribution is 5.90. The van der Waals surface area contributed by atoms with Gasteiger partial charge in [0.25, 0.3) is 0 Å². The molecule has 3 heteroatoms. The van der Waals surface area contributed by atoms with Gasteiger partial charge in [-0.2, -0.15) is 0 Å². The number of carboxylic acids is 1. The highest BCUT2D eigenvalue weighted by Gasteiger charge is 2.08. The Morgan fingerprint density at radius 1 is 1.25 bits per heavy atom. The van der Waals surface area contributed by atoms with Crippen molar-refractivity contribution in [1.29, 1.82) is 0 Å². The maximum Gasteiger partial charge on any atom is 0.335 e. The van der Waals surface area contributed by atoms with Gasteiger partial charge in [-0.25, -0.2) is 4.79 Å². The normalized spacial score (nSPS) is 11.2. The van der Waals surface area contributed by atoms with E-state index in [1.807, 2.05) is 0 Å². The highest BCUT2D eigenvalue weighted by Crippen LogP contribution is 2.16. The second-order valence-corrected chi connectivity index (χ2v) is 5.30. The molecule has 108 valence electrons. The lowest BCUT2D eigenvalue weighted by Crippen LogP contribution is -2.03. The molecule has 0 aliphatic heterocycles. The fourth-order valence-electron chi connectivity index (χ4n) is 1.97. The molecule has 3 nitrogen and oxygen atoms in total. The Morgan fingerprint density at radius 3 is 2.55 bits per heavy atom. The molecule has 0 bridgehead atoms. The quantitative estimate of drug-likeness (QED) is 0.603. The summed E-state index contributed by atoms with van der Waals surface area (Å²) in [7, 11) is 0. The van der Waals surface area contributed by atoms with Gasteiger partial charge < -0.3 is 10.8 Å². The Bertz CT molecular complexity index is 538. The van der Waals surface area contributed by atoms with Crippen LogP contribution in [-0.4, -0.2) is 11.1 Å². The molecule has 0 atom stereocenters. The summed E-state index contributed by atoms with van der Waals surface area (Å²) in [5.41, 5.74) is 10.00. The Labute approximate surface area is 120 Å². The van der Waals surface area contributed by atoms with E-state index >= 15 is 0 Å². The van der Waals surface area contributed by atoms with Crippen LogP contribution in [0.15, 0.2) is 41.5 Å². The minimum Gasteiger partial charge on any atom is -0.478 e. The number of hydrogen-bond donors (Lipinski definition) is 2. The van der Waals surface area contributed by atoms with Crippen LogP contribution in [0.25, 0.3) is 0 Å². The molecule has 3 N–H and O–H groups in total. The fourth-order valence-corrected chi connectivity index (χ4v) is 1.97. The van der Waals surface area contributed by atoms with E-state index in [0.717, 1.165) is 18.4 Å². The van der Waals surface area contributed by atoms with E-state index in [9.17, 15) is 4.79 Å². The lowest BCUT2D eigenvalue weighted by Gasteiger charge is -2.06. The van der Waals surface area contributed by atoms with Crippen LogP contribution in [0.5, 0.6) is 0 Å². The van der Waals surface area contributed by atoms with Gasteiger partial charge in [0.1, 0.15) is 0 Å². The predicted molar refractivity (Wildman–Crippen MR) is 83.9 cm³/mol. The standard InChI is InChI=1S/C17H23NO2/c1-12(2)5-4-6-13(3)7-8-14-11-15(18)9-10-16(14)17(19)20/h5,7,9-11H,4,6,8,18H2,1-3H3,(H,19,20). The topological polar surface area (TPSA) is 63.3 Å². The van der Waals surface area contributed by atoms with Crippen LogP contribution >= 0.6 is 0 Å². The number of nitrogens with two attached hydrogens (primary N) is 1. The van der Waals surface area contributed by atoms with Gasteiger partial charge in [0.2, 0.25) is 0 Å². The van der Waals surface area contributed by atoms with Gasteiger partial charge >= 0.3 is 5.97 Å². The summed E-state index contributed by atoms with van der Waals surface area (Å²) in [5.74, 6) is -0.907. The SMILES string of the molecule is CC(C)=CCCC(C)=CCc1cc(N)ccc1C(=O)O. The number of carboxylic acid groups (broad SMARTS) is 1. The molecule has 20 heavy (non-hydrogen) atoms. The summed E-state index contributed by atoms with van der Waals surface area (Å²) < 4.78 is 0. The van der Waals surface area contributed by atoms with Crippen molar-refractivity contribution in [1.82, 2.24) is 0 Å². The maximum absolute atomic E-state index is 11.2. The van der Waals surface area contributed by atoms with Crippen molar-refractivity contribution >= 4 is 11.7 Å². The van der Waals surface area contributed by atoms with Crippen LogP contribution in [0.3, 0.4) is 0 Å². The number of hydrogen-bond acceptors (Lipinski definition) is 2. The number of carbonyl (C=O) groups is 1. The lowest BCUT2D eigenvalue weighted by atomic mass is 10.0. The summed E-state index contributed by atoms with van der Waals surface area (Å²) >= 11 is 0. The first kappa shape index (κ1) is 16.0. The number of allylic oxidation sites excluding steroid dienone is 4. The first-order valence-corrected chi connectivity index (χ1v) is 6.81. The lowest BCUT2D eigenvalue weighted by molar-refractivity contribution is 0.0696. The van der Waals surface area contributed by atoms with Crippen molar-refractivity contribution in [3.05, 3.63) is 52.6 Å². The molecule has 1 aromatic rings. The van der Waals surface area contributed by atoms with Crippen molar-refractivity contribution < 1.29 is 9.90 Å². The fraction of sp³-hybridized carbons (Fsp3) is 0.353. The summed E-state index contributed by atoms with van der Waals surface area (Å²) in [6.45, 7) is 6.25. The molecule has 0 fully saturated rings. The van der Waals surface area contributed by atoms with Crippen molar-refractivity contribution in [2.75, 3.05) is 5.73 Å². The van der Waals surface area contributed by atoms with Gasteiger partial charge in [0.05, 0.1) is 5.56 Å². The Morgan fingerprint density at radius 2 is 1.95 bits per heavy atom. The largest absolute Gasteiger partial charge is 0.478 e. The Hall–Kier alpha value is -2.03. The zero-order valence-corrected chi connectivity index (χ0v) is 12.4. The van der Waals surface area contributed by atoms with Gasteiger partial charge in [0.15, 0.2) is 0 Å². The molecule has 0 heterocycles. The van der Waals surface area contributed by atoms with E-state index < -0.39 is 5.97 Å². The van der Waals surface area contributed by atoms with Gasteiger partial charge in [-0.1, -0.05) is 23.3 Å². The smallest absolute Gasteiger partial charge is 0.335 e. The number of nitrogen functional groups attached to an aromatic ring is 1. The molecule has 1 aromatic carbocycles. The van der Waals surface area contributed by atoms with Gasteiger partial charge in [-0.05, 0) is 63.8 Å². The Balaban J connectivity index is 2.75. The highest BCUT2D eigenvalue weighted by atomic mass is 16.4. The molecule has 0 saturated carbocycles. The first-order chi connectivity index (χ1) is 9.40. The maximum atomic E-state index is 11.2. The molecule has 0 amide bonds. The van der Waals surface area contributed by atoms with E-state index in [-0.39, 0.29) is 0 Å². The Kier molecular flexibility index (Phi) is 6.04. The average molecular weight is 273 g/mol. The second kappa shape index (κ2) is 7.53. The molecule has 0 unspecified atom stereocenters. The number of rotatable bonds is 6. The number of aromatic carboxylic acids is 1. The number of benzene rings is 1. The third kappa shape index (κ3) is 5.31. The average Bonchev–Trinajstić information content (AvgIpc) is 2.35. The molecular weight excluding hydrogens is 250 g/mol. The summed E-state index contributed by atoms with van der Waals surface area (Å²) in [5, 5.41) is 9.16. The van der Waals surface area contributed by atoms with Crippen molar-refractivity contribution in [2.24, 2.45) is 0 Å². The van der Waals surface area contributed by atoms with Crippen molar-refractivity contribution in [2.45, 2.75) is 40.0 Å². The van der Waals surface area contributed by atoms with E-state index in [2.05, 4.69) is 32.9 Å². The van der Waals surface area contributed by atoms with E-state index in [1.165, 1.54) is 11.1 Å². The first-order valence-electron chi connectivity index (χ1n) is 6.81. The van der Waals surface area contributed by atoms with Crippen LogP contribution in [0.4, 0.5) is 5.69 Å². The van der Waals surface area contributed by atoms with Crippen LogP contribution in [0.2, 0.25) is 0 Å². The molecule has 1 rings (SSSR count). The third-order valence-corrected chi connectivity index (χ3v) is 3.12. The van der Waals surface area contributed by atoms with Gasteiger partial charge in [-0.3, -0.25) is 0 Å². The predicted octanol–water partition coefficient (Wildman–Crippen LogP) is 4.20. The molecule has 0 aliphatic carbocycles. The molecule has 0 aromatic heterocycles. The summed E-state index contributed by atoms with van der Waals surface area (Å²) in [6, 6.07) is 4.93. The summed E-state index contributed by atoms with van der Waals surface area (Å²) in [6.07, 6.45) is 6.91. The monoisotopic (exact) mass is 273 g/mol. The molecule has 0 saturated heterocycles. The van der Waals surface area contributed by atoms with Crippen LogP contribution in [0, 0.1) is 0 Å². The minimum atomic E-state index is -0.907. The third-order valence-electron chi connectivity index (χ3n) is 3.12. The number of anilines is 1. The molecule has 0 radical (unpaired) electrons. The molecule has 0 spiro atoms. The van der Waals surface area contributed by atoms with E-state index in [1.54, 1.807) is 18.2 Å².